The fraction of sp³-hybridized carbons (Fsp3) is 0.227. The summed E-state index contributed by atoms with van der Waals surface area (Å²) in [6, 6.07) is 9.75. The second kappa shape index (κ2) is 8.16. The van der Waals surface area contributed by atoms with E-state index in [1.54, 1.807) is 31.1 Å². The Bertz CT molecular complexity index is 1280. The molecule has 0 bridgehead atoms. The first-order valence-electron chi connectivity index (χ1n) is 9.51. The first kappa shape index (κ1) is 19.9. The summed E-state index contributed by atoms with van der Waals surface area (Å²) in [5.41, 5.74) is 3.85. The highest BCUT2D eigenvalue weighted by molar-refractivity contribution is 7.22. The number of rotatable bonds is 5. The van der Waals surface area contributed by atoms with Crippen molar-refractivity contribution in [3.05, 3.63) is 81.8 Å². The summed E-state index contributed by atoms with van der Waals surface area (Å²) in [5.74, 6) is -0.234. The van der Waals surface area contributed by atoms with Gasteiger partial charge in [0.25, 0.3) is 5.56 Å². The zero-order valence-corrected chi connectivity index (χ0v) is 17.8. The van der Waals surface area contributed by atoms with Crippen LogP contribution in [0, 0.1) is 20.8 Å². The van der Waals surface area contributed by atoms with Gasteiger partial charge in [0.05, 0.1) is 23.1 Å². The normalized spacial score (nSPS) is 11.0. The Kier molecular flexibility index (Phi) is 5.41. The molecule has 3 heterocycles. The second-order valence-corrected chi connectivity index (χ2v) is 8.21. The summed E-state index contributed by atoms with van der Waals surface area (Å²) < 4.78 is 2.36. The molecule has 0 saturated carbocycles. The summed E-state index contributed by atoms with van der Waals surface area (Å²) in [6.07, 6.45) is 4.84. The molecule has 0 aliphatic carbocycles. The monoisotopic (exact) mass is 419 g/mol. The number of thiazole rings is 1. The van der Waals surface area contributed by atoms with Gasteiger partial charge in [-0.25, -0.2) is 9.97 Å². The van der Waals surface area contributed by atoms with Crippen LogP contribution in [0.5, 0.6) is 0 Å². The fourth-order valence-electron chi connectivity index (χ4n) is 3.09. The molecule has 4 rings (SSSR count). The molecule has 8 heteroatoms. The lowest BCUT2D eigenvalue weighted by molar-refractivity contribution is -0.119. The van der Waals surface area contributed by atoms with Gasteiger partial charge < -0.3 is 0 Å². The van der Waals surface area contributed by atoms with E-state index in [2.05, 4.69) is 21.0 Å². The molecule has 0 aliphatic heterocycles. The van der Waals surface area contributed by atoms with E-state index in [9.17, 15) is 9.59 Å². The molecule has 0 radical (unpaired) electrons. The minimum absolute atomic E-state index is 0.109. The number of aryl methyl sites for hydroxylation is 2. The van der Waals surface area contributed by atoms with E-state index in [-0.39, 0.29) is 18.0 Å². The number of anilines is 1. The molecule has 30 heavy (non-hydrogen) atoms. The third kappa shape index (κ3) is 3.99. The molecule has 7 nitrogen and oxygen atoms in total. The van der Waals surface area contributed by atoms with Crippen molar-refractivity contribution in [2.24, 2.45) is 0 Å². The Balaban J connectivity index is 1.71. The van der Waals surface area contributed by atoms with E-state index in [4.69, 9.17) is 0 Å². The van der Waals surface area contributed by atoms with Gasteiger partial charge in [0.1, 0.15) is 6.54 Å². The summed E-state index contributed by atoms with van der Waals surface area (Å²) in [7, 11) is 0. The molecule has 0 atom stereocenters. The topological polar surface area (TPSA) is 81.0 Å². The summed E-state index contributed by atoms with van der Waals surface area (Å²) >= 11 is 1.46. The largest absolute Gasteiger partial charge is 0.289 e. The number of amides is 1. The van der Waals surface area contributed by atoms with Crippen LogP contribution in [0.3, 0.4) is 0 Å². The Morgan fingerprint density at radius 1 is 1.20 bits per heavy atom. The minimum Gasteiger partial charge on any atom is -0.289 e. The summed E-state index contributed by atoms with van der Waals surface area (Å²) in [6.45, 7) is 5.73. The van der Waals surface area contributed by atoms with Gasteiger partial charge in [-0.05, 0) is 50.1 Å². The molecule has 4 aromatic rings. The fourth-order valence-corrected chi connectivity index (χ4v) is 4.17. The Labute approximate surface area is 177 Å². The average molecular weight is 420 g/mol. The van der Waals surface area contributed by atoms with Crippen LogP contribution < -0.4 is 10.5 Å². The minimum atomic E-state index is -0.234. The highest BCUT2D eigenvalue weighted by atomic mass is 32.1. The smallest absolute Gasteiger partial charge is 0.256 e. The summed E-state index contributed by atoms with van der Waals surface area (Å²) in [4.78, 5) is 40.5. The molecule has 0 aliphatic rings. The lowest BCUT2D eigenvalue weighted by Gasteiger charge is -2.20. The van der Waals surface area contributed by atoms with Crippen molar-refractivity contribution < 1.29 is 4.79 Å². The van der Waals surface area contributed by atoms with E-state index in [1.165, 1.54) is 22.2 Å². The molecule has 152 valence electrons. The van der Waals surface area contributed by atoms with E-state index >= 15 is 0 Å². The van der Waals surface area contributed by atoms with E-state index in [0.29, 0.717) is 22.9 Å². The maximum absolute atomic E-state index is 13.3. The molecule has 0 unspecified atom stereocenters. The van der Waals surface area contributed by atoms with Gasteiger partial charge in [0.2, 0.25) is 5.91 Å². The number of carbonyl (C=O) groups is 1. The highest BCUT2D eigenvalue weighted by Crippen LogP contribution is 2.30. The van der Waals surface area contributed by atoms with Crippen molar-refractivity contribution in [1.82, 2.24) is 19.5 Å². The maximum atomic E-state index is 13.3. The molecule has 1 aromatic carbocycles. The average Bonchev–Trinajstić information content (AvgIpc) is 3.16. The van der Waals surface area contributed by atoms with Gasteiger partial charge in [0, 0.05) is 23.7 Å². The predicted octanol–water partition coefficient (Wildman–Crippen LogP) is 3.41. The number of hydrogen-bond acceptors (Lipinski definition) is 6. The summed E-state index contributed by atoms with van der Waals surface area (Å²) in [5, 5.41) is 0.592. The lowest BCUT2D eigenvalue weighted by atomic mass is 10.2. The predicted molar refractivity (Wildman–Crippen MR) is 118 cm³/mol. The maximum Gasteiger partial charge on any atom is 0.256 e. The third-order valence-electron chi connectivity index (χ3n) is 4.95. The Morgan fingerprint density at radius 2 is 2.03 bits per heavy atom. The quantitative estimate of drug-likeness (QED) is 0.495. The molecule has 1 amide bonds. The molecular weight excluding hydrogens is 398 g/mol. The van der Waals surface area contributed by atoms with Crippen LogP contribution in [-0.4, -0.2) is 25.4 Å². The first-order chi connectivity index (χ1) is 14.4. The number of aromatic nitrogens is 4. The molecule has 0 spiro atoms. The number of hydrogen-bond donors (Lipinski definition) is 0. The lowest BCUT2D eigenvalue weighted by Crippen LogP contribution is -2.37. The number of carbonyl (C=O) groups excluding carboxylic acids is 1. The third-order valence-corrected chi connectivity index (χ3v) is 5.99. The van der Waals surface area contributed by atoms with Crippen LogP contribution in [0.4, 0.5) is 5.13 Å². The van der Waals surface area contributed by atoms with Gasteiger partial charge in [-0.3, -0.25) is 24.0 Å². The number of benzene rings is 1. The van der Waals surface area contributed by atoms with Crippen molar-refractivity contribution in [2.75, 3.05) is 4.90 Å². The van der Waals surface area contributed by atoms with E-state index in [1.807, 2.05) is 31.2 Å². The van der Waals surface area contributed by atoms with Gasteiger partial charge in [-0.1, -0.05) is 23.5 Å². The van der Waals surface area contributed by atoms with Crippen molar-refractivity contribution in [1.29, 1.82) is 0 Å². The molecule has 3 aromatic heterocycles. The Morgan fingerprint density at radius 3 is 2.80 bits per heavy atom. The van der Waals surface area contributed by atoms with Gasteiger partial charge in [-0.15, -0.1) is 0 Å². The van der Waals surface area contributed by atoms with Crippen LogP contribution in [-0.2, 0) is 17.9 Å². The van der Waals surface area contributed by atoms with Crippen molar-refractivity contribution in [3.8, 4) is 0 Å². The van der Waals surface area contributed by atoms with Crippen LogP contribution in [0.2, 0.25) is 0 Å². The van der Waals surface area contributed by atoms with Gasteiger partial charge in [0.15, 0.2) is 5.13 Å². The zero-order valence-electron chi connectivity index (χ0n) is 17.0. The molecule has 0 N–H and O–H groups in total. The SMILES string of the molecule is Cc1ccc2nc(N(Cc3cccnc3)C(=O)Cn3cnc(C)c(C)c3=O)sc2c1. The van der Waals surface area contributed by atoms with E-state index < -0.39 is 0 Å². The van der Waals surface area contributed by atoms with Crippen LogP contribution in [0.25, 0.3) is 10.2 Å². The number of pyridine rings is 1. The van der Waals surface area contributed by atoms with Crippen molar-refractivity contribution >= 4 is 32.6 Å². The van der Waals surface area contributed by atoms with Crippen LogP contribution >= 0.6 is 11.3 Å². The number of nitrogens with zero attached hydrogens (tertiary/aromatic N) is 5. The molecule has 0 fully saturated rings. The van der Waals surface area contributed by atoms with E-state index in [0.717, 1.165) is 21.3 Å². The second-order valence-electron chi connectivity index (χ2n) is 7.20. The number of fused-ring (bicyclic) bond motifs is 1. The molecule has 0 saturated heterocycles. The zero-order chi connectivity index (χ0) is 21.3. The Hall–Kier alpha value is -3.39. The standard InChI is InChI=1S/C22H21N5O2S/c1-14-6-7-18-19(9-14)30-22(25-18)27(11-17-5-4-8-23-10-17)20(28)12-26-13-24-16(3)15(2)21(26)29/h4-10,13H,11-12H2,1-3H3. The first-order valence-corrected chi connectivity index (χ1v) is 10.3. The molecular formula is C22H21N5O2S. The van der Waals surface area contributed by atoms with Gasteiger partial charge in [-0.2, -0.15) is 0 Å². The van der Waals surface area contributed by atoms with Crippen molar-refractivity contribution in [2.45, 2.75) is 33.9 Å². The van der Waals surface area contributed by atoms with Crippen LogP contribution in [0.15, 0.2) is 53.8 Å². The van der Waals surface area contributed by atoms with Gasteiger partial charge >= 0.3 is 0 Å². The van der Waals surface area contributed by atoms with Crippen molar-refractivity contribution in [3.63, 3.8) is 0 Å². The van der Waals surface area contributed by atoms with Crippen LogP contribution in [0.1, 0.15) is 22.4 Å². The highest BCUT2D eigenvalue weighted by Gasteiger charge is 2.21.